The van der Waals surface area contributed by atoms with Gasteiger partial charge in [0.15, 0.2) is 0 Å². The second-order valence-corrected chi connectivity index (χ2v) is 4.24. The summed E-state index contributed by atoms with van der Waals surface area (Å²) >= 11 is 0. The number of hydrogen-bond donors (Lipinski definition) is 2. The minimum absolute atomic E-state index is 0.121. The highest BCUT2D eigenvalue weighted by atomic mass is 16.5. The summed E-state index contributed by atoms with van der Waals surface area (Å²) in [5, 5.41) is 12.2. The Kier molecular flexibility index (Phi) is 4.36. The molecule has 2 rings (SSSR count). The molecule has 0 bridgehead atoms. The predicted molar refractivity (Wildman–Crippen MR) is 67.7 cm³/mol. The van der Waals surface area contributed by atoms with E-state index in [9.17, 15) is 9.90 Å². The molecule has 96 valence electrons. The monoisotopic (exact) mass is 247 g/mol. The van der Waals surface area contributed by atoms with Crippen LogP contribution in [0.5, 0.6) is 0 Å². The number of hydrogen-bond acceptors (Lipinski definition) is 3. The van der Waals surface area contributed by atoms with Gasteiger partial charge in [0, 0.05) is 0 Å². The molecule has 1 aromatic carbocycles. The summed E-state index contributed by atoms with van der Waals surface area (Å²) in [5.74, 6) is -0.169. The van der Waals surface area contributed by atoms with E-state index in [1.165, 1.54) is 6.26 Å². The Morgan fingerprint density at radius 2 is 2.17 bits per heavy atom. The minimum Gasteiger partial charge on any atom is -0.501 e. The summed E-state index contributed by atoms with van der Waals surface area (Å²) in [6.07, 6.45) is 3.09. The highest BCUT2D eigenvalue weighted by molar-refractivity contribution is 5.93. The van der Waals surface area contributed by atoms with E-state index in [4.69, 9.17) is 4.74 Å². The Balaban J connectivity index is 2.02. The largest absolute Gasteiger partial charge is 0.501 e. The van der Waals surface area contributed by atoms with Gasteiger partial charge in [0.05, 0.1) is 31.1 Å². The Morgan fingerprint density at radius 1 is 1.39 bits per heavy atom. The fraction of sp³-hybridized carbons (Fsp3) is 0.357. The summed E-state index contributed by atoms with van der Waals surface area (Å²) in [5.41, 5.74) is 1.53. The number of amides is 1. The van der Waals surface area contributed by atoms with E-state index in [0.29, 0.717) is 12.2 Å². The molecule has 2 N–H and O–H groups in total. The van der Waals surface area contributed by atoms with Crippen LogP contribution in [0.1, 0.15) is 24.4 Å². The van der Waals surface area contributed by atoms with E-state index in [2.05, 4.69) is 5.32 Å². The number of benzene rings is 1. The first-order chi connectivity index (χ1) is 8.81. The summed E-state index contributed by atoms with van der Waals surface area (Å²) in [6, 6.07) is 9.05. The maximum absolute atomic E-state index is 12.0. The van der Waals surface area contributed by atoms with E-state index in [1.807, 2.05) is 30.3 Å². The molecule has 1 aromatic rings. The molecule has 0 aliphatic carbocycles. The molecule has 1 amide bonds. The topological polar surface area (TPSA) is 58.6 Å². The van der Waals surface area contributed by atoms with Crippen LogP contribution in [-0.2, 0) is 9.53 Å². The van der Waals surface area contributed by atoms with Crippen LogP contribution >= 0.6 is 0 Å². The van der Waals surface area contributed by atoms with Gasteiger partial charge in [-0.15, -0.1) is 0 Å². The lowest BCUT2D eigenvalue weighted by Gasteiger charge is -2.19. The highest BCUT2D eigenvalue weighted by Crippen LogP contribution is 2.16. The van der Waals surface area contributed by atoms with Crippen LogP contribution in [0.2, 0.25) is 0 Å². The lowest BCUT2D eigenvalue weighted by Crippen LogP contribution is -2.32. The molecule has 0 spiro atoms. The van der Waals surface area contributed by atoms with Gasteiger partial charge in [-0.2, -0.15) is 0 Å². The molecule has 0 aromatic heterocycles. The van der Waals surface area contributed by atoms with E-state index in [-0.39, 0.29) is 18.6 Å². The van der Waals surface area contributed by atoms with E-state index in [1.54, 1.807) is 0 Å². The second kappa shape index (κ2) is 6.21. The normalized spacial score (nSPS) is 16.4. The van der Waals surface area contributed by atoms with Gasteiger partial charge in [-0.25, -0.2) is 0 Å². The van der Waals surface area contributed by atoms with Crippen LogP contribution in [0.15, 0.2) is 42.2 Å². The Hall–Kier alpha value is -1.81. The summed E-state index contributed by atoms with van der Waals surface area (Å²) in [6.45, 7) is 0.544. The first kappa shape index (κ1) is 12.6. The Labute approximate surface area is 106 Å². The molecule has 1 atom stereocenters. The molecule has 0 unspecified atom stereocenters. The molecule has 0 radical (unpaired) electrons. The van der Waals surface area contributed by atoms with E-state index < -0.39 is 0 Å². The van der Waals surface area contributed by atoms with Gasteiger partial charge in [0.2, 0.25) is 0 Å². The van der Waals surface area contributed by atoms with Crippen LogP contribution in [0.25, 0.3) is 0 Å². The van der Waals surface area contributed by atoms with Crippen LogP contribution < -0.4 is 5.32 Å². The van der Waals surface area contributed by atoms with Gasteiger partial charge >= 0.3 is 0 Å². The van der Waals surface area contributed by atoms with Crippen molar-refractivity contribution >= 4 is 5.91 Å². The molecule has 0 saturated heterocycles. The predicted octanol–water partition coefficient (Wildman–Crippen LogP) is 1.53. The number of carbonyl (C=O) groups excluding carboxylic acids is 1. The molecule has 4 heteroatoms. The van der Waals surface area contributed by atoms with E-state index >= 15 is 0 Å². The zero-order valence-electron chi connectivity index (χ0n) is 10.1. The van der Waals surface area contributed by atoms with Crippen molar-refractivity contribution in [3.05, 3.63) is 47.7 Å². The number of rotatable bonds is 4. The van der Waals surface area contributed by atoms with Crippen molar-refractivity contribution in [2.24, 2.45) is 0 Å². The fourth-order valence-corrected chi connectivity index (χ4v) is 1.90. The Bertz CT molecular complexity index is 428. The van der Waals surface area contributed by atoms with Gasteiger partial charge in [0.1, 0.15) is 0 Å². The number of aliphatic hydroxyl groups excluding tert-OH is 1. The average Bonchev–Trinajstić information content (AvgIpc) is 2.46. The van der Waals surface area contributed by atoms with E-state index in [0.717, 1.165) is 18.4 Å². The maximum atomic E-state index is 12.0. The molecule has 1 heterocycles. The molecular weight excluding hydrogens is 230 g/mol. The quantitative estimate of drug-likeness (QED) is 0.848. The van der Waals surface area contributed by atoms with Crippen LogP contribution in [0.3, 0.4) is 0 Å². The zero-order valence-corrected chi connectivity index (χ0v) is 10.1. The third-order valence-electron chi connectivity index (χ3n) is 2.92. The van der Waals surface area contributed by atoms with Gasteiger partial charge in [-0.3, -0.25) is 4.79 Å². The third kappa shape index (κ3) is 3.11. The number of aliphatic hydroxyl groups is 1. The number of nitrogens with one attached hydrogen (secondary N) is 1. The van der Waals surface area contributed by atoms with Crippen molar-refractivity contribution in [3.63, 3.8) is 0 Å². The lowest BCUT2D eigenvalue weighted by atomic mass is 10.1. The number of carbonyl (C=O) groups is 1. The molecule has 0 fully saturated rings. The zero-order chi connectivity index (χ0) is 12.8. The average molecular weight is 247 g/mol. The summed E-state index contributed by atoms with van der Waals surface area (Å²) in [4.78, 5) is 12.0. The molecule has 0 saturated carbocycles. The molecule has 1 aliphatic heterocycles. The summed E-state index contributed by atoms with van der Waals surface area (Å²) in [7, 11) is 0. The van der Waals surface area contributed by atoms with Crippen molar-refractivity contribution in [1.29, 1.82) is 0 Å². The Morgan fingerprint density at radius 3 is 2.78 bits per heavy atom. The minimum atomic E-state index is -0.374. The molecule has 1 aliphatic rings. The van der Waals surface area contributed by atoms with Gasteiger partial charge in [-0.1, -0.05) is 30.3 Å². The number of ether oxygens (including phenoxy) is 1. The SMILES string of the molecule is O=C(N[C@@H](CO)c1ccccc1)C1=COCCC1. The van der Waals surface area contributed by atoms with Crippen molar-refractivity contribution in [2.75, 3.05) is 13.2 Å². The van der Waals surface area contributed by atoms with Crippen LogP contribution in [0, 0.1) is 0 Å². The second-order valence-electron chi connectivity index (χ2n) is 4.24. The van der Waals surface area contributed by atoms with Crippen molar-refractivity contribution in [3.8, 4) is 0 Å². The first-order valence-corrected chi connectivity index (χ1v) is 6.08. The fourth-order valence-electron chi connectivity index (χ4n) is 1.90. The maximum Gasteiger partial charge on any atom is 0.250 e. The van der Waals surface area contributed by atoms with Gasteiger partial charge in [0.25, 0.3) is 5.91 Å². The van der Waals surface area contributed by atoms with Crippen LogP contribution in [-0.4, -0.2) is 24.2 Å². The van der Waals surface area contributed by atoms with Gasteiger partial charge < -0.3 is 15.2 Å². The van der Waals surface area contributed by atoms with Crippen molar-refractivity contribution in [1.82, 2.24) is 5.32 Å². The standard InChI is InChI=1S/C14H17NO3/c16-9-13(11-5-2-1-3-6-11)15-14(17)12-7-4-8-18-10-12/h1-3,5-6,10,13,16H,4,7-9H2,(H,15,17)/t13-/m0/s1. The molecule has 4 nitrogen and oxygen atoms in total. The van der Waals surface area contributed by atoms with Crippen molar-refractivity contribution in [2.45, 2.75) is 18.9 Å². The smallest absolute Gasteiger partial charge is 0.250 e. The third-order valence-corrected chi connectivity index (χ3v) is 2.92. The summed E-state index contributed by atoms with van der Waals surface area (Å²) < 4.78 is 5.14. The molecule has 18 heavy (non-hydrogen) atoms. The van der Waals surface area contributed by atoms with Crippen LogP contribution in [0.4, 0.5) is 0 Å². The highest BCUT2D eigenvalue weighted by Gasteiger charge is 2.18. The van der Waals surface area contributed by atoms with Crippen molar-refractivity contribution < 1.29 is 14.6 Å². The first-order valence-electron chi connectivity index (χ1n) is 6.08. The lowest BCUT2D eigenvalue weighted by molar-refractivity contribution is -0.119. The molecular formula is C14H17NO3. The van der Waals surface area contributed by atoms with Gasteiger partial charge in [-0.05, 0) is 18.4 Å².